The van der Waals surface area contributed by atoms with Crippen molar-refractivity contribution in [1.82, 2.24) is 9.97 Å². The first-order valence-electron chi connectivity index (χ1n) is 8.08. The summed E-state index contributed by atoms with van der Waals surface area (Å²) in [6.07, 6.45) is 1.34. The molecule has 2 N–H and O–H groups in total. The van der Waals surface area contributed by atoms with Gasteiger partial charge in [-0.15, -0.1) is 0 Å². The fraction of sp³-hybridized carbons (Fsp3) is 0.389. The number of nitrogens with two attached hydrogens (primary N) is 1. The highest BCUT2D eigenvalue weighted by atomic mass is 35.5. The Bertz CT molecular complexity index is 786. The fourth-order valence-electron chi connectivity index (χ4n) is 2.74. The van der Waals surface area contributed by atoms with Crippen LogP contribution in [0.3, 0.4) is 0 Å². The zero-order valence-corrected chi connectivity index (χ0v) is 16.3. The van der Waals surface area contributed by atoms with E-state index in [1.54, 1.807) is 31.3 Å². The van der Waals surface area contributed by atoms with Crippen LogP contribution in [0.4, 0.5) is 4.79 Å². The summed E-state index contributed by atoms with van der Waals surface area (Å²) in [5.74, 6) is 0.766. The first-order chi connectivity index (χ1) is 12.2. The summed E-state index contributed by atoms with van der Waals surface area (Å²) in [6, 6.07) is 7.01. The summed E-state index contributed by atoms with van der Waals surface area (Å²) >= 11 is 12.1. The summed E-state index contributed by atoms with van der Waals surface area (Å²) in [7, 11) is 0. The number of aromatic nitrogens is 2. The molecule has 2 rings (SSSR count). The Hall–Kier alpha value is -2.05. The third-order valence-electron chi connectivity index (χ3n) is 3.57. The number of halogens is 2. The minimum absolute atomic E-state index is 0.131. The van der Waals surface area contributed by atoms with Gasteiger partial charge >= 0.3 is 6.09 Å². The zero-order chi connectivity index (χ0) is 19.3. The molecule has 26 heavy (non-hydrogen) atoms. The van der Waals surface area contributed by atoms with Crippen LogP contribution < -0.4 is 10.5 Å². The van der Waals surface area contributed by atoms with Crippen molar-refractivity contribution in [3.05, 3.63) is 40.8 Å². The van der Waals surface area contributed by atoms with Gasteiger partial charge < -0.3 is 15.2 Å². The number of hydrogen-bond acceptors (Lipinski definition) is 5. The lowest BCUT2D eigenvalue weighted by atomic mass is 9.95. The van der Waals surface area contributed by atoms with Crippen LogP contribution in [0.2, 0.25) is 10.3 Å². The van der Waals surface area contributed by atoms with Gasteiger partial charge in [0.05, 0.1) is 10.7 Å². The van der Waals surface area contributed by atoms with Gasteiger partial charge in [0.2, 0.25) is 5.28 Å². The number of carbonyl (C=O) groups is 1. The van der Waals surface area contributed by atoms with Crippen LogP contribution in [0.15, 0.2) is 30.5 Å². The molecule has 1 atom stereocenters. The lowest BCUT2D eigenvalue weighted by Crippen LogP contribution is -2.41. The molecule has 0 fully saturated rings. The molecule has 8 heteroatoms. The molecule has 0 bridgehead atoms. The van der Waals surface area contributed by atoms with E-state index in [1.165, 1.54) is 0 Å². The van der Waals surface area contributed by atoms with E-state index in [0.29, 0.717) is 28.8 Å². The van der Waals surface area contributed by atoms with Crippen LogP contribution in [0.5, 0.6) is 5.75 Å². The largest absolute Gasteiger partial charge is 0.488 e. The monoisotopic (exact) mass is 397 g/mol. The normalized spacial score (nSPS) is 13.3. The Balaban J connectivity index is 2.15. The van der Waals surface area contributed by atoms with Crippen molar-refractivity contribution in [2.45, 2.75) is 32.8 Å². The molecule has 0 saturated carbocycles. The van der Waals surface area contributed by atoms with Crippen molar-refractivity contribution in [3.8, 4) is 17.0 Å². The molecule has 1 aromatic heterocycles. The van der Waals surface area contributed by atoms with E-state index in [2.05, 4.69) is 9.97 Å². The predicted octanol–water partition coefficient (Wildman–Crippen LogP) is 4.73. The number of hydrogen-bond donors (Lipinski definition) is 1. The van der Waals surface area contributed by atoms with Crippen LogP contribution >= 0.6 is 23.2 Å². The standard InChI is InChI=1S/C18H21Cl2N3O3/c1-11(2)9-18(3,26-17(21)24)10-25-15-5-4-12(8-13(15)19)14-6-7-22-16(20)23-14/h4-8,11H,9-10H2,1-3H3,(H2,21,24)/t18-/m0/s1. The molecule has 0 saturated heterocycles. The Kier molecular flexibility index (Phi) is 6.67. The second-order valence-corrected chi connectivity index (χ2v) is 7.36. The average molecular weight is 398 g/mol. The molecule has 0 radical (unpaired) electrons. The quantitative estimate of drug-likeness (QED) is 0.682. The third kappa shape index (κ3) is 5.75. The highest BCUT2D eigenvalue weighted by Crippen LogP contribution is 2.31. The van der Waals surface area contributed by atoms with Gasteiger partial charge in [-0.25, -0.2) is 14.8 Å². The van der Waals surface area contributed by atoms with Gasteiger partial charge in [-0.2, -0.15) is 0 Å². The van der Waals surface area contributed by atoms with Gasteiger partial charge in [0.1, 0.15) is 18.0 Å². The van der Waals surface area contributed by atoms with E-state index < -0.39 is 11.7 Å². The second kappa shape index (κ2) is 8.56. The van der Waals surface area contributed by atoms with Gasteiger partial charge in [0, 0.05) is 11.8 Å². The number of carbonyl (C=O) groups excluding carboxylic acids is 1. The number of amides is 1. The first-order valence-corrected chi connectivity index (χ1v) is 8.84. The Morgan fingerprint density at radius 1 is 1.31 bits per heavy atom. The maximum atomic E-state index is 11.2. The van der Waals surface area contributed by atoms with Gasteiger partial charge in [-0.3, -0.25) is 0 Å². The number of primary amides is 1. The topological polar surface area (TPSA) is 87.3 Å². The summed E-state index contributed by atoms with van der Waals surface area (Å²) in [5, 5.41) is 0.565. The molecular weight excluding hydrogens is 377 g/mol. The van der Waals surface area contributed by atoms with E-state index in [9.17, 15) is 4.79 Å². The maximum Gasteiger partial charge on any atom is 0.405 e. The lowest BCUT2D eigenvalue weighted by molar-refractivity contribution is -0.0185. The maximum absolute atomic E-state index is 11.2. The Labute approximate surface area is 162 Å². The Morgan fingerprint density at radius 2 is 2.04 bits per heavy atom. The minimum atomic E-state index is -0.845. The van der Waals surface area contributed by atoms with Gasteiger partial charge in [0.25, 0.3) is 0 Å². The van der Waals surface area contributed by atoms with E-state index in [1.807, 2.05) is 19.9 Å². The molecule has 140 valence electrons. The van der Waals surface area contributed by atoms with E-state index in [4.69, 9.17) is 38.4 Å². The number of benzene rings is 1. The number of nitrogens with zero attached hydrogens (tertiary/aromatic N) is 2. The number of rotatable bonds is 7. The SMILES string of the molecule is CC(C)C[C@@](C)(COc1ccc(-c2ccnc(Cl)n2)cc1Cl)OC(N)=O. The van der Waals surface area contributed by atoms with Crippen molar-refractivity contribution in [1.29, 1.82) is 0 Å². The minimum Gasteiger partial charge on any atom is -0.488 e. The van der Waals surface area contributed by atoms with Crippen LogP contribution in [0.1, 0.15) is 27.2 Å². The molecule has 0 spiro atoms. The van der Waals surface area contributed by atoms with Crippen molar-refractivity contribution in [2.24, 2.45) is 11.7 Å². The van der Waals surface area contributed by atoms with E-state index in [-0.39, 0.29) is 11.9 Å². The Morgan fingerprint density at radius 3 is 2.62 bits per heavy atom. The highest BCUT2D eigenvalue weighted by molar-refractivity contribution is 6.32. The van der Waals surface area contributed by atoms with E-state index >= 15 is 0 Å². The lowest BCUT2D eigenvalue weighted by Gasteiger charge is -2.30. The van der Waals surface area contributed by atoms with Crippen LogP contribution in [-0.2, 0) is 4.74 Å². The van der Waals surface area contributed by atoms with Crippen molar-refractivity contribution >= 4 is 29.3 Å². The van der Waals surface area contributed by atoms with Gasteiger partial charge in [-0.05, 0) is 55.1 Å². The zero-order valence-electron chi connectivity index (χ0n) is 14.8. The van der Waals surface area contributed by atoms with Crippen molar-refractivity contribution < 1.29 is 14.3 Å². The first kappa shape index (κ1) is 20.3. The molecule has 0 aliphatic rings. The van der Waals surface area contributed by atoms with Crippen LogP contribution in [0.25, 0.3) is 11.3 Å². The van der Waals surface area contributed by atoms with Gasteiger partial charge in [-0.1, -0.05) is 25.4 Å². The molecule has 1 aromatic carbocycles. The molecular formula is C18H21Cl2N3O3. The molecule has 2 aromatic rings. The fourth-order valence-corrected chi connectivity index (χ4v) is 3.12. The van der Waals surface area contributed by atoms with Gasteiger partial charge in [0.15, 0.2) is 0 Å². The molecule has 1 amide bonds. The highest BCUT2D eigenvalue weighted by Gasteiger charge is 2.30. The van der Waals surface area contributed by atoms with Crippen LogP contribution in [-0.4, -0.2) is 28.3 Å². The summed E-state index contributed by atoms with van der Waals surface area (Å²) in [4.78, 5) is 19.2. The predicted molar refractivity (Wildman–Crippen MR) is 102 cm³/mol. The average Bonchev–Trinajstić information content (AvgIpc) is 2.52. The smallest absolute Gasteiger partial charge is 0.405 e. The van der Waals surface area contributed by atoms with E-state index in [0.717, 1.165) is 5.56 Å². The summed E-state index contributed by atoms with van der Waals surface area (Å²) < 4.78 is 11.1. The van der Waals surface area contributed by atoms with Crippen LogP contribution in [0, 0.1) is 5.92 Å². The summed E-state index contributed by atoms with van der Waals surface area (Å²) in [5.41, 5.74) is 5.77. The molecule has 0 aliphatic carbocycles. The third-order valence-corrected chi connectivity index (χ3v) is 4.05. The summed E-state index contributed by atoms with van der Waals surface area (Å²) in [6.45, 7) is 5.96. The molecule has 0 unspecified atom stereocenters. The van der Waals surface area contributed by atoms with Crippen molar-refractivity contribution in [2.75, 3.05) is 6.61 Å². The molecule has 1 heterocycles. The molecule has 6 nitrogen and oxygen atoms in total. The van der Waals surface area contributed by atoms with Crippen molar-refractivity contribution in [3.63, 3.8) is 0 Å². The second-order valence-electron chi connectivity index (χ2n) is 6.61. The molecule has 0 aliphatic heterocycles. The number of ether oxygens (including phenoxy) is 2.